The quantitative estimate of drug-likeness (QED) is 0.680. The lowest BCUT2D eigenvalue weighted by Crippen LogP contribution is -2.49. The van der Waals surface area contributed by atoms with E-state index in [9.17, 15) is 9.59 Å². The number of nitrogens with zero attached hydrogens (tertiary/aromatic N) is 6. The molecule has 5 rings (SSSR count). The molecule has 1 N–H and O–H groups in total. The van der Waals surface area contributed by atoms with E-state index in [1.807, 2.05) is 11.8 Å². The van der Waals surface area contributed by atoms with Crippen molar-refractivity contribution in [2.45, 2.75) is 57.3 Å². The van der Waals surface area contributed by atoms with E-state index in [0.717, 1.165) is 37.9 Å². The van der Waals surface area contributed by atoms with Gasteiger partial charge >= 0.3 is 0 Å². The first-order valence-electron chi connectivity index (χ1n) is 12.0. The van der Waals surface area contributed by atoms with E-state index in [-0.39, 0.29) is 29.7 Å². The summed E-state index contributed by atoms with van der Waals surface area (Å²) in [5.74, 6) is 0.783. The monoisotopic (exact) mass is 487 g/mol. The number of piperazine rings is 1. The van der Waals surface area contributed by atoms with E-state index < -0.39 is 0 Å². The summed E-state index contributed by atoms with van der Waals surface area (Å²) in [6.45, 7) is 5.41. The summed E-state index contributed by atoms with van der Waals surface area (Å²) in [6, 6.07) is 0.213. The van der Waals surface area contributed by atoms with Crippen LogP contribution in [-0.4, -0.2) is 81.9 Å². The van der Waals surface area contributed by atoms with Crippen molar-refractivity contribution in [3.05, 3.63) is 39.5 Å². The molecule has 3 saturated heterocycles. The fourth-order valence-electron chi connectivity index (χ4n) is 5.33. The van der Waals surface area contributed by atoms with Crippen molar-refractivity contribution in [1.82, 2.24) is 25.1 Å². The Morgan fingerprint density at radius 1 is 1.12 bits per heavy atom. The molecular weight excluding hydrogens is 458 g/mol. The molecule has 0 bridgehead atoms. The normalized spacial score (nSPS) is 25.2. The Balaban J connectivity index is 1.14. The summed E-state index contributed by atoms with van der Waals surface area (Å²) in [4.78, 5) is 39.8. The number of anilines is 2. The highest BCUT2D eigenvalue weighted by Crippen LogP contribution is 2.35. The van der Waals surface area contributed by atoms with Gasteiger partial charge in [-0.05, 0) is 32.6 Å². The average Bonchev–Trinajstić information content (AvgIpc) is 3.51. The molecule has 0 spiro atoms. The van der Waals surface area contributed by atoms with Gasteiger partial charge in [0.15, 0.2) is 0 Å². The molecule has 3 atom stereocenters. The van der Waals surface area contributed by atoms with Crippen LogP contribution in [-0.2, 0) is 9.53 Å². The number of aromatic amines is 1. The van der Waals surface area contributed by atoms with Crippen molar-refractivity contribution in [3.8, 4) is 0 Å². The number of nitrogens with one attached hydrogen (secondary N) is 1. The molecule has 5 heterocycles. The second-order valence-electron chi connectivity index (χ2n) is 9.26. The SMILES string of the molecule is Cc1c(N2CCC[C@H]2[C@H]2CC[C@H](CC(=O)N3CCN(c4ncc(Cl)cn4)CC3)O2)cn[nH]c1=O. The molecule has 3 fully saturated rings. The fraction of sp³-hybridized carbons (Fsp3) is 0.609. The summed E-state index contributed by atoms with van der Waals surface area (Å²) >= 11 is 5.87. The van der Waals surface area contributed by atoms with Gasteiger partial charge in [-0.15, -0.1) is 0 Å². The van der Waals surface area contributed by atoms with Gasteiger partial charge in [0.2, 0.25) is 11.9 Å². The van der Waals surface area contributed by atoms with Crippen LogP contribution >= 0.6 is 11.6 Å². The van der Waals surface area contributed by atoms with E-state index in [1.165, 1.54) is 0 Å². The third-order valence-electron chi connectivity index (χ3n) is 7.18. The summed E-state index contributed by atoms with van der Waals surface area (Å²) in [5, 5.41) is 7.01. The molecule has 1 amide bonds. The van der Waals surface area contributed by atoms with Gasteiger partial charge in [0.05, 0.1) is 54.0 Å². The molecule has 3 aliphatic rings. The second-order valence-corrected chi connectivity index (χ2v) is 9.70. The van der Waals surface area contributed by atoms with Crippen molar-refractivity contribution in [2.75, 3.05) is 42.5 Å². The third kappa shape index (κ3) is 4.74. The molecular formula is C23H30ClN7O3. The van der Waals surface area contributed by atoms with Crippen LogP contribution in [0.1, 0.15) is 37.7 Å². The minimum Gasteiger partial charge on any atom is -0.372 e. The number of carbonyl (C=O) groups is 1. The Morgan fingerprint density at radius 3 is 2.65 bits per heavy atom. The number of aromatic nitrogens is 4. The standard InChI is InChI=1S/C23H30ClN7O3/c1-15-19(14-27-28-22(15)33)31-6-2-3-18(31)20-5-4-17(34-20)11-21(32)29-7-9-30(10-8-29)23-25-12-16(24)13-26-23/h12-14,17-18,20H,2-11H2,1H3,(H,28,33)/t17-,18+,20-/m1/s1. The molecule has 3 aliphatic heterocycles. The van der Waals surface area contributed by atoms with Gasteiger partial charge in [-0.25, -0.2) is 15.1 Å². The van der Waals surface area contributed by atoms with Crippen LogP contribution in [0.2, 0.25) is 5.02 Å². The third-order valence-corrected chi connectivity index (χ3v) is 7.38. The zero-order chi connectivity index (χ0) is 23.7. The van der Waals surface area contributed by atoms with Crippen LogP contribution in [0.5, 0.6) is 0 Å². The number of halogens is 1. The number of hydrogen-bond donors (Lipinski definition) is 1. The minimum absolute atomic E-state index is 0.0593. The van der Waals surface area contributed by atoms with Crippen molar-refractivity contribution in [3.63, 3.8) is 0 Å². The van der Waals surface area contributed by atoms with Crippen LogP contribution in [0.15, 0.2) is 23.4 Å². The maximum Gasteiger partial charge on any atom is 0.269 e. The predicted molar refractivity (Wildman–Crippen MR) is 128 cm³/mol. The van der Waals surface area contributed by atoms with Crippen molar-refractivity contribution in [1.29, 1.82) is 0 Å². The zero-order valence-corrected chi connectivity index (χ0v) is 20.1. The molecule has 0 aromatic carbocycles. The van der Waals surface area contributed by atoms with E-state index in [0.29, 0.717) is 49.1 Å². The summed E-state index contributed by atoms with van der Waals surface area (Å²) < 4.78 is 6.39. The van der Waals surface area contributed by atoms with Gasteiger partial charge in [0.1, 0.15) is 0 Å². The first-order chi connectivity index (χ1) is 16.5. The Morgan fingerprint density at radius 2 is 1.88 bits per heavy atom. The largest absolute Gasteiger partial charge is 0.372 e. The molecule has 0 saturated carbocycles. The Bertz CT molecular complexity index is 1070. The maximum atomic E-state index is 13.0. The molecule has 2 aromatic rings. The van der Waals surface area contributed by atoms with Gasteiger partial charge < -0.3 is 19.4 Å². The predicted octanol–water partition coefficient (Wildman–Crippen LogP) is 1.78. The molecule has 182 valence electrons. The second kappa shape index (κ2) is 9.87. The first-order valence-corrected chi connectivity index (χ1v) is 12.3. The Hall–Kier alpha value is -2.72. The van der Waals surface area contributed by atoms with Crippen LogP contribution in [0, 0.1) is 6.92 Å². The van der Waals surface area contributed by atoms with Crippen molar-refractivity contribution < 1.29 is 9.53 Å². The first kappa shape index (κ1) is 23.0. The number of hydrogen-bond acceptors (Lipinski definition) is 8. The van der Waals surface area contributed by atoms with E-state index in [1.54, 1.807) is 18.6 Å². The smallest absolute Gasteiger partial charge is 0.269 e. The lowest BCUT2D eigenvalue weighted by atomic mass is 10.0. The molecule has 34 heavy (non-hydrogen) atoms. The van der Waals surface area contributed by atoms with Gasteiger partial charge in [0, 0.05) is 38.3 Å². The van der Waals surface area contributed by atoms with E-state index in [4.69, 9.17) is 16.3 Å². The van der Waals surface area contributed by atoms with Crippen molar-refractivity contribution >= 4 is 29.1 Å². The van der Waals surface area contributed by atoms with Gasteiger partial charge in [-0.1, -0.05) is 11.6 Å². The number of carbonyl (C=O) groups excluding carboxylic acids is 1. The lowest BCUT2D eigenvalue weighted by Gasteiger charge is -2.35. The van der Waals surface area contributed by atoms with Gasteiger partial charge in [-0.3, -0.25) is 9.59 Å². The molecule has 0 radical (unpaired) electrons. The molecule has 10 nitrogen and oxygen atoms in total. The average molecular weight is 488 g/mol. The Kier molecular flexibility index (Phi) is 6.69. The molecule has 0 aliphatic carbocycles. The zero-order valence-electron chi connectivity index (χ0n) is 19.3. The fourth-order valence-corrected chi connectivity index (χ4v) is 5.43. The van der Waals surface area contributed by atoms with Crippen LogP contribution in [0.25, 0.3) is 0 Å². The van der Waals surface area contributed by atoms with E-state index in [2.05, 4.69) is 30.0 Å². The van der Waals surface area contributed by atoms with E-state index >= 15 is 0 Å². The minimum atomic E-state index is -0.151. The topological polar surface area (TPSA) is 108 Å². The van der Waals surface area contributed by atoms with Crippen LogP contribution < -0.4 is 15.4 Å². The maximum absolute atomic E-state index is 13.0. The molecule has 11 heteroatoms. The summed E-state index contributed by atoms with van der Waals surface area (Å²) in [5.41, 5.74) is 1.42. The Labute approximate surface area is 203 Å². The highest BCUT2D eigenvalue weighted by molar-refractivity contribution is 6.30. The number of amides is 1. The van der Waals surface area contributed by atoms with Crippen LogP contribution in [0.3, 0.4) is 0 Å². The molecule has 2 aromatic heterocycles. The summed E-state index contributed by atoms with van der Waals surface area (Å²) in [6.07, 6.45) is 9.22. The highest BCUT2D eigenvalue weighted by atomic mass is 35.5. The molecule has 0 unspecified atom stereocenters. The summed E-state index contributed by atoms with van der Waals surface area (Å²) in [7, 11) is 0. The van der Waals surface area contributed by atoms with Crippen molar-refractivity contribution in [2.24, 2.45) is 0 Å². The van der Waals surface area contributed by atoms with Gasteiger partial charge in [-0.2, -0.15) is 5.10 Å². The number of ether oxygens (including phenoxy) is 1. The van der Waals surface area contributed by atoms with Gasteiger partial charge in [0.25, 0.3) is 5.56 Å². The lowest BCUT2D eigenvalue weighted by molar-refractivity contribution is -0.134. The number of H-pyrrole nitrogens is 1. The number of rotatable bonds is 5. The highest BCUT2D eigenvalue weighted by Gasteiger charge is 2.39. The van der Waals surface area contributed by atoms with Crippen LogP contribution in [0.4, 0.5) is 11.6 Å².